The van der Waals surface area contributed by atoms with Gasteiger partial charge in [0.2, 0.25) is 0 Å². The molecule has 2 rings (SSSR count). The molecule has 3 unspecified atom stereocenters. The van der Waals surface area contributed by atoms with Crippen molar-refractivity contribution in [1.82, 2.24) is 4.90 Å². The van der Waals surface area contributed by atoms with Crippen molar-refractivity contribution in [2.24, 2.45) is 17.8 Å². The monoisotopic (exact) mass is 167 g/mol. The number of nitrogens with zero attached hydrogens (tertiary/aromatic N) is 1. The zero-order valence-corrected chi connectivity index (χ0v) is 8.75. The summed E-state index contributed by atoms with van der Waals surface area (Å²) in [6, 6.07) is 1.74. The van der Waals surface area contributed by atoms with Crippen molar-refractivity contribution in [2.45, 2.75) is 46.2 Å². The molecule has 3 atom stereocenters. The minimum absolute atomic E-state index is 0.767. The lowest BCUT2D eigenvalue weighted by molar-refractivity contribution is 0.210. The highest BCUT2D eigenvalue weighted by Gasteiger charge is 2.54. The van der Waals surface area contributed by atoms with Crippen LogP contribution >= 0.6 is 0 Å². The van der Waals surface area contributed by atoms with Crippen LogP contribution in [0.1, 0.15) is 34.1 Å². The predicted molar refractivity (Wildman–Crippen MR) is 52.1 cm³/mol. The molecule has 0 aromatic rings. The summed E-state index contributed by atoms with van der Waals surface area (Å²) in [4.78, 5) is 2.70. The lowest BCUT2D eigenvalue weighted by Crippen LogP contribution is -2.32. The fraction of sp³-hybridized carbons (Fsp3) is 1.00. The van der Waals surface area contributed by atoms with Crippen LogP contribution in [0.2, 0.25) is 0 Å². The van der Waals surface area contributed by atoms with E-state index >= 15 is 0 Å². The Bertz CT molecular complexity index is 156. The summed E-state index contributed by atoms with van der Waals surface area (Å²) < 4.78 is 0. The number of piperidine rings is 1. The minimum atomic E-state index is 0.767. The van der Waals surface area contributed by atoms with Gasteiger partial charge in [0, 0.05) is 18.6 Å². The van der Waals surface area contributed by atoms with Crippen LogP contribution in [0.25, 0.3) is 0 Å². The Labute approximate surface area is 76.1 Å². The van der Waals surface area contributed by atoms with Crippen LogP contribution in [0.15, 0.2) is 0 Å². The van der Waals surface area contributed by atoms with Crippen molar-refractivity contribution in [3.63, 3.8) is 0 Å². The Morgan fingerprint density at radius 3 is 2.17 bits per heavy atom. The molecular formula is C11H21N. The average molecular weight is 167 g/mol. The molecule has 1 saturated carbocycles. The van der Waals surface area contributed by atoms with Crippen LogP contribution in [0.4, 0.5) is 0 Å². The highest BCUT2D eigenvalue weighted by Crippen LogP contribution is 2.51. The Morgan fingerprint density at radius 2 is 1.83 bits per heavy atom. The minimum Gasteiger partial charge on any atom is -0.297 e. The van der Waals surface area contributed by atoms with E-state index in [0.717, 1.165) is 29.8 Å². The van der Waals surface area contributed by atoms with Gasteiger partial charge in [-0.15, -0.1) is 0 Å². The first kappa shape index (κ1) is 8.55. The van der Waals surface area contributed by atoms with Gasteiger partial charge in [0.15, 0.2) is 0 Å². The topological polar surface area (TPSA) is 3.24 Å². The highest BCUT2D eigenvalue weighted by atomic mass is 15.2. The third-order valence-corrected chi connectivity index (χ3v) is 3.72. The molecule has 2 aliphatic rings. The molecule has 0 aromatic carbocycles. The molecule has 1 heterocycles. The normalized spacial score (nSPS) is 41.0. The molecule has 0 radical (unpaired) electrons. The van der Waals surface area contributed by atoms with Crippen molar-refractivity contribution in [2.75, 3.05) is 6.54 Å². The van der Waals surface area contributed by atoms with Crippen LogP contribution in [0.3, 0.4) is 0 Å². The van der Waals surface area contributed by atoms with Crippen molar-refractivity contribution < 1.29 is 0 Å². The van der Waals surface area contributed by atoms with E-state index in [9.17, 15) is 0 Å². The lowest BCUT2D eigenvalue weighted by atomic mass is 9.92. The Kier molecular flexibility index (Phi) is 1.95. The van der Waals surface area contributed by atoms with E-state index in [2.05, 4.69) is 32.6 Å². The fourth-order valence-corrected chi connectivity index (χ4v) is 2.85. The van der Waals surface area contributed by atoms with Crippen LogP contribution in [-0.2, 0) is 0 Å². The molecule has 0 bridgehead atoms. The average Bonchev–Trinajstić information content (AvgIpc) is 2.63. The maximum Gasteiger partial charge on any atom is 0.0133 e. The molecule has 0 aromatic heterocycles. The fourth-order valence-electron chi connectivity index (χ4n) is 2.85. The summed E-state index contributed by atoms with van der Waals surface area (Å²) in [5.74, 6) is 2.95. The Balaban J connectivity index is 2.00. The van der Waals surface area contributed by atoms with Gasteiger partial charge in [0.1, 0.15) is 0 Å². The van der Waals surface area contributed by atoms with Crippen LogP contribution in [-0.4, -0.2) is 23.5 Å². The Morgan fingerprint density at radius 1 is 1.17 bits per heavy atom. The quantitative estimate of drug-likeness (QED) is 0.610. The van der Waals surface area contributed by atoms with Crippen molar-refractivity contribution in [3.05, 3.63) is 0 Å². The SMILES string of the molecule is CC(C)C1CN(C(C)C)C2CC12. The molecule has 1 nitrogen and oxygen atoms in total. The van der Waals surface area contributed by atoms with Crippen molar-refractivity contribution >= 4 is 0 Å². The molecule has 1 heteroatoms. The maximum atomic E-state index is 2.70. The second-order valence-electron chi connectivity index (χ2n) is 5.17. The van der Waals surface area contributed by atoms with Gasteiger partial charge in [0.05, 0.1) is 0 Å². The highest BCUT2D eigenvalue weighted by molar-refractivity contribution is 5.07. The van der Waals surface area contributed by atoms with E-state index in [1.54, 1.807) is 0 Å². The molecule has 70 valence electrons. The molecule has 12 heavy (non-hydrogen) atoms. The van der Waals surface area contributed by atoms with Crippen LogP contribution < -0.4 is 0 Å². The van der Waals surface area contributed by atoms with E-state index in [4.69, 9.17) is 0 Å². The largest absolute Gasteiger partial charge is 0.297 e. The summed E-state index contributed by atoms with van der Waals surface area (Å²) in [5, 5.41) is 0. The van der Waals surface area contributed by atoms with Gasteiger partial charge < -0.3 is 0 Å². The zero-order chi connectivity index (χ0) is 8.88. The Hall–Kier alpha value is -0.0400. The number of likely N-dealkylation sites (tertiary alicyclic amines) is 1. The second-order valence-corrected chi connectivity index (χ2v) is 5.17. The first-order chi connectivity index (χ1) is 5.61. The van der Waals surface area contributed by atoms with Gasteiger partial charge in [-0.05, 0) is 38.0 Å². The third kappa shape index (κ3) is 1.19. The van der Waals surface area contributed by atoms with Crippen LogP contribution in [0, 0.1) is 17.8 Å². The van der Waals surface area contributed by atoms with Gasteiger partial charge in [-0.1, -0.05) is 13.8 Å². The molecule has 1 saturated heterocycles. The first-order valence-electron chi connectivity index (χ1n) is 5.37. The van der Waals surface area contributed by atoms with Crippen LogP contribution in [0.5, 0.6) is 0 Å². The van der Waals surface area contributed by atoms with Crippen molar-refractivity contribution in [1.29, 1.82) is 0 Å². The van der Waals surface area contributed by atoms with Gasteiger partial charge in [-0.25, -0.2) is 0 Å². The molecule has 2 fully saturated rings. The standard InChI is InChI=1S/C11H21N/c1-7(2)10-6-12(8(3)4)11-5-9(10)11/h7-11H,5-6H2,1-4H3. The van der Waals surface area contributed by atoms with Crippen molar-refractivity contribution in [3.8, 4) is 0 Å². The molecule has 0 N–H and O–H groups in total. The summed E-state index contributed by atoms with van der Waals surface area (Å²) in [5.41, 5.74) is 0. The second kappa shape index (κ2) is 2.73. The summed E-state index contributed by atoms with van der Waals surface area (Å²) in [7, 11) is 0. The van der Waals surface area contributed by atoms with E-state index in [1.807, 2.05) is 0 Å². The van der Waals surface area contributed by atoms with E-state index < -0.39 is 0 Å². The predicted octanol–water partition coefficient (Wildman–Crippen LogP) is 2.37. The molecule has 1 aliphatic carbocycles. The van der Waals surface area contributed by atoms with E-state index in [0.29, 0.717) is 0 Å². The summed E-state index contributed by atoms with van der Waals surface area (Å²) in [6.45, 7) is 10.8. The summed E-state index contributed by atoms with van der Waals surface area (Å²) in [6.07, 6.45) is 1.49. The lowest BCUT2D eigenvalue weighted by Gasteiger charge is -2.25. The smallest absolute Gasteiger partial charge is 0.0133 e. The molecule has 0 spiro atoms. The van der Waals surface area contributed by atoms with Gasteiger partial charge in [-0.2, -0.15) is 0 Å². The van der Waals surface area contributed by atoms with E-state index in [1.165, 1.54) is 13.0 Å². The third-order valence-electron chi connectivity index (χ3n) is 3.72. The molecule has 0 amide bonds. The number of fused-ring (bicyclic) bond motifs is 1. The first-order valence-corrected chi connectivity index (χ1v) is 5.37. The van der Waals surface area contributed by atoms with Gasteiger partial charge >= 0.3 is 0 Å². The van der Waals surface area contributed by atoms with E-state index in [-0.39, 0.29) is 0 Å². The molecular weight excluding hydrogens is 146 g/mol. The maximum absolute atomic E-state index is 2.70. The number of hydrogen-bond acceptors (Lipinski definition) is 1. The zero-order valence-electron chi connectivity index (χ0n) is 8.75. The number of hydrogen-bond donors (Lipinski definition) is 0. The van der Waals surface area contributed by atoms with Gasteiger partial charge in [0.25, 0.3) is 0 Å². The van der Waals surface area contributed by atoms with Gasteiger partial charge in [-0.3, -0.25) is 4.90 Å². The summed E-state index contributed by atoms with van der Waals surface area (Å²) >= 11 is 0. The molecule has 1 aliphatic heterocycles. The number of rotatable bonds is 2.